The minimum absolute atomic E-state index is 0.0795. The third-order valence-corrected chi connectivity index (χ3v) is 6.32. The number of hydrogen-bond acceptors (Lipinski definition) is 3. The van der Waals surface area contributed by atoms with Crippen LogP contribution in [0.4, 0.5) is 10.5 Å². The first-order chi connectivity index (χ1) is 12.8. The van der Waals surface area contributed by atoms with E-state index in [0.717, 1.165) is 17.5 Å². The standard InChI is InChI=1S/C20H24N2O4S/c1-14(2)15-6-8-19(9-7-15)27(25,26)21-18-5-3-4-16(12-18)17-10-11-22(13-17)20(23)24/h3-9,12,14,17,21H,10-11,13H2,1-2H3,(H,23,24). The van der Waals surface area contributed by atoms with Crippen LogP contribution < -0.4 is 4.72 Å². The number of rotatable bonds is 5. The van der Waals surface area contributed by atoms with Gasteiger partial charge < -0.3 is 10.0 Å². The monoisotopic (exact) mass is 388 g/mol. The SMILES string of the molecule is CC(C)c1ccc(S(=O)(=O)Nc2cccc(C3CCN(C(=O)O)C3)c2)cc1. The van der Waals surface area contributed by atoms with Crippen LogP contribution in [0.5, 0.6) is 0 Å². The third kappa shape index (κ3) is 4.42. The van der Waals surface area contributed by atoms with Crippen LogP contribution in [0, 0.1) is 0 Å². The van der Waals surface area contributed by atoms with Crippen molar-refractivity contribution in [3.05, 3.63) is 59.7 Å². The summed E-state index contributed by atoms with van der Waals surface area (Å²) in [6.07, 6.45) is -0.182. The Morgan fingerprint density at radius 2 is 1.89 bits per heavy atom. The van der Waals surface area contributed by atoms with Crippen LogP contribution in [0.3, 0.4) is 0 Å². The molecule has 1 heterocycles. The van der Waals surface area contributed by atoms with E-state index in [1.807, 2.05) is 18.2 Å². The number of anilines is 1. The van der Waals surface area contributed by atoms with Crippen molar-refractivity contribution < 1.29 is 18.3 Å². The summed E-state index contributed by atoms with van der Waals surface area (Å²) in [7, 11) is -3.67. The van der Waals surface area contributed by atoms with Crippen LogP contribution in [-0.2, 0) is 10.0 Å². The van der Waals surface area contributed by atoms with Gasteiger partial charge in [0, 0.05) is 24.7 Å². The molecule has 0 aliphatic carbocycles. The number of amides is 1. The quantitative estimate of drug-likeness (QED) is 0.808. The van der Waals surface area contributed by atoms with Crippen LogP contribution in [-0.4, -0.2) is 37.6 Å². The van der Waals surface area contributed by atoms with Gasteiger partial charge in [-0.25, -0.2) is 13.2 Å². The van der Waals surface area contributed by atoms with Gasteiger partial charge in [0.2, 0.25) is 0 Å². The fraction of sp³-hybridized carbons (Fsp3) is 0.350. The lowest BCUT2D eigenvalue weighted by Crippen LogP contribution is -2.26. The molecule has 27 heavy (non-hydrogen) atoms. The highest BCUT2D eigenvalue weighted by Crippen LogP contribution is 2.29. The molecular weight excluding hydrogens is 364 g/mol. The highest BCUT2D eigenvalue weighted by molar-refractivity contribution is 7.92. The van der Waals surface area contributed by atoms with Gasteiger partial charge in [0.1, 0.15) is 0 Å². The summed E-state index contributed by atoms with van der Waals surface area (Å²) in [4.78, 5) is 12.7. The van der Waals surface area contributed by atoms with E-state index in [2.05, 4.69) is 18.6 Å². The van der Waals surface area contributed by atoms with Crippen molar-refractivity contribution in [3.63, 3.8) is 0 Å². The van der Waals surface area contributed by atoms with Crippen LogP contribution in [0.2, 0.25) is 0 Å². The lowest BCUT2D eigenvalue weighted by Gasteiger charge is -2.14. The fourth-order valence-electron chi connectivity index (χ4n) is 3.31. The molecule has 2 aromatic carbocycles. The molecule has 0 bridgehead atoms. The van der Waals surface area contributed by atoms with Crippen LogP contribution >= 0.6 is 0 Å². The van der Waals surface area contributed by atoms with E-state index in [1.165, 1.54) is 4.90 Å². The molecule has 6 nitrogen and oxygen atoms in total. The molecule has 1 saturated heterocycles. The zero-order valence-electron chi connectivity index (χ0n) is 15.4. The van der Waals surface area contributed by atoms with Crippen molar-refractivity contribution >= 4 is 21.8 Å². The average molecular weight is 388 g/mol. The van der Waals surface area contributed by atoms with Crippen molar-refractivity contribution in [1.82, 2.24) is 4.90 Å². The molecule has 1 fully saturated rings. The zero-order valence-corrected chi connectivity index (χ0v) is 16.2. The summed E-state index contributed by atoms with van der Waals surface area (Å²) in [5.41, 5.74) is 2.50. The number of carbonyl (C=O) groups is 1. The van der Waals surface area contributed by atoms with Crippen molar-refractivity contribution in [1.29, 1.82) is 0 Å². The van der Waals surface area contributed by atoms with Crippen LogP contribution in [0.1, 0.15) is 43.2 Å². The van der Waals surface area contributed by atoms with E-state index in [0.29, 0.717) is 24.7 Å². The van der Waals surface area contributed by atoms with Crippen LogP contribution in [0.15, 0.2) is 53.4 Å². The molecule has 1 amide bonds. The molecule has 7 heteroatoms. The van der Waals surface area contributed by atoms with E-state index < -0.39 is 16.1 Å². The first kappa shape index (κ1) is 19.2. The third-order valence-electron chi connectivity index (χ3n) is 4.93. The second kappa shape index (κ2) is 7.60. The zero-order chi connectivity index (χ0) is 19.6. The molecule has 1 aliphatic heterocycles. The highest BCUT2D eigenvalue weighted by atomic mass is 32.2. The van der Waals surface area contributed by atoms with E-state index in [-0.39, 0.29) is 10.8 Å². The number of carboxylic acid groups (broad SMARTS) is 1. The number of likely N-dealkylation sites (tertiary alicyclic amines) is 1. The minimum Gasteiger partial charge on any atom is -0.465 e. The molecule has 1 aliphatic rings. The normalized spacial score (nSPS) is 17.3. The van der Waals surface area contributed by atoms with Gasteiger partial charge in [-0.05, 0) is 47.7 Å². The Bertz CT molecular complexity index is 923. The number of benzene rings is 2. The first-order valence-corrected chi connectivity index (χ1v) is 10.4. The number of hydrogen-bond donors (Lipinski definition) is 2. The molecule has 144 valence electrons. The van der Waals surface area contributed by atoms with Gasteiger partial charge in [-0.15, -0.1) is 0 Å². The topological polar surface area (TPSA) is 86.7 Å². The first-order valence-electron chi connectivity index (χ1n) is 8.97. The molecule has 1 unspecified atom stereocenters. The molecule has 0 saturated carbocycles. The maximum absolute atomic E-state index is 12.7. The number of nitrogens with zero attached hydrogens (tertiary/aromatic N) is 1. The Balaban J connectivity index is 1.76. The summed E-state index contributed by atoms with van der Waals surface area (Å²) < 4.78 is 27.9. The molecular formula is C20H24N2O4S. The highest BCUT2D eigenvalue weighted by Gasteiger charge is 2.27. The van der Waals surface area contributed by atoms with Gasteiger partial charge in [0.05, 0.1) is 4.90 Å². The minimum atomic E-state index is -3.67. The summed E-state index contributed by atoms with van der Waals surface area (Å²) in [5, 5.41) is 9.10. The van der Waals surface area contributed by atoms with Crippen molar-refractivity contribution in [3.8, 4) is 0 Å². The molecule has 0 radical (unpaired) electrons. The molecule has 1 atom stereocenters. The Morgan fingerprint density at radius 1 is 1.19 bits per heavy atom. The van der Waals surface area contributed by atoms with Gasteiger partial charge in [0.15, 0.2) is 0 Å². The van der Waals surface area contributed by atoms with Crippen LogP contribution in [0.25, 0.3) is 0 Å². The van der Waals surface area contributed by atoms with Gasteiger partial charge in [-0.2, -0.15) is 0 Å². The lowest BCUT2D eigenvalue weighted by molar-refractivity contribution is 0.155. The maximum atomic E-state index is 12.7. The Kier molecular flexibility index (Phi) is 5.41. The predicted octanol–water partition coefficient (Wildman–Crippen LogP) is 4.08. The summed E-state index contributed by atoms with van der Waals surface area (Å²) >= 11 is 0. The molecule has 0 aromatic heterocycles. The Labute approximate surface area is 159 Å². The van der Waals surface area contributed by atoms with Crippen molar-refractivity contribution in [2.75, 3.05) is 17.8 Å². The summed E-state index contributed by atoms with van der Waals surface area (Å²) in [6, 6.07) is 14.1. The van der Waals surface area contributed by atoms with Crippen molar-refractivity contribution in [2.45, 2.75) is 37.0 Å². The fourth-order valence-corrected chi connectivity index (χ4v) is 4.36. The predicted molar refractivity (Wildman–Crippen MR) is 105 cm³/mol. The summed E-state index contributed by atoms with van der Waals surface area (Å²) in [6.45, 7) is 5.05. The molecule has 3 rings (SSSR count). The van der Waals surface area contributed by atoms with E-state index in [9.17, 15) is 13.2 Å². The van der Waals surface area contributed by atoms with E-state index >= 15 is 0 Å². The Morgan fingerprint density at radius 3 is 2.48 bits per heavy atom. The van der Waals surface area contributed by atoms with Gasteiger partial charge in [-0.3, -0.25) is 4.72 Å². The van der Waals surface area contributed by atoms with E-state index in [4.69, 9.17) is 5.11 Å². The van der Waals surface area contributed by atoms with E-state index in [1.54, 1.807) is 30.3 Å². The number of sulfonamides is 1. The van der Waals surface area contributed by atoms with Gasteiger partial charge >= 0.3 is 6.09 Å². The average Bonchev–Trinajstić information content (AvgIpc) is 3.12. The van der Waals surface area contributed by atoms with Gasteiger partial charge in [-0.1, -0.05) is 38.1 Å². The Hall–Kier alpha value is -2.54. The lowest BCUT2D eigenvalue weighted by atomic mass is 9.98. The molecule has 2 aromatic rings. The summed E-state index contributed by atoms with van der Waals surface area (Å²) in [5.74, 6) is 0.416. The van der Waals surface area contributed by atoms with Crippen molar-refractivity contribution in [2.24, 2.45) is 0 Å². The second-order valence-electron chi connectivity index (χ2n) is 7.17. The molecule has 2 N–H and O–H groups in total. The molecule has 0 spiro atoms. The second-order valence-corrected chi connectivity index (χ2v) is 8.85. The largest absolute Gasteiger partial charge is 0.465 e. The number of nitrogens with one attached hydrogen (secondary N) is 1. The van der Waals surface area contributed by atoms with Gasteiger partial charge in [0.25, 0.3) is 10.0 Å². The smallest absolute Gasteiger partial charge is 0.407 e. The maximum Gasteiger partial charge on any atom is 0.407 e.